The predicted octanol–water partition coefficient (Wildman–Crippen LogP) is 2.72. The Bertz CT molecular complexity index is 417. The molecule has 0 aromatic carbocycles. The number of likely N-dealkylation sites (tertiary alicyclic amines) is 1. The Kier molecular flexibility index (Phi) is 3.02. The van der Waals surface area contributed by atoms with Crippen molar-refractivity contribution < 1.29 is 4.79 Å². The van der Waals surface area contributed by atoms with Gasteiger partial charge >= 0.3 is 0 Å². The van der Waals surface area contributed by atoms with E-state index >= 15 is 0 Å². The minimum absolute atomic E-state index is 0.105. The number of halogens is 1. The minimum Gasteiger partial charge on any atom is -0.338 e. The molecule has 1 saturated heterocycles. The number of amides is 1. The molecule has 1 aliphatic heterocycles. The number of rotatable bonds is 1. The van der Waals surface area contributed by atoms with Crippen LogP contribution in [0.5, 0.6) is 0 Å². The Morgan fingerprint density at radius 3 is 2.88 bits per heavy atom. The highest BCUT2D eigenvalue weighted by Gasteiger charge is 2.32. The van der Waals surface area contributed by atoms with Gasteiger partial charge in [-0.15, -0.1) is 0 Å². The highest BCUT2D eigenvalue weighted by atomic mass is 79.9. The number of hydrogen-bond donors (Lipinski definition) is 0. The molecule has 86 valence electrons. The van der Waals surface area contributed by atoms with Gasteiger partial charge in [-0.05, 0) is 39.9 Å². The summed E-state index contributed by atoms with van der Waals surface area (Å²) in [6.07, 6.45) is 2.73. The second-order valence-corrected chi connectivity index (χ2v) is 5.82. The van der Waals surface area contributed by atoms with Gasteiger partial charge < -0.3 is 4.90 Å². The maximum atomic E-state index is 12.2. The van der Waals surface area contributed by atoms with E-state index in [2.05, 4.69) is 34.8 Å². The minimum atomic E-state index is 0.105. The first-order valence-corrected chi connectivity index (χ1v) is 6.18. The van der Waals surface area contributed by atoms with Crippen molar-refractivity contribution in [2.45, 2.75) is 20.3 Å². The monoisotopic (exact) mass is 282 g/mol. The van der Waals surface area contributed by atoms with Crippen LogP contribution in [-0.4, -0.2) is 28.9 Å². The summed E-state index contributed by atoms with van der Waals surface area (Å²) in [6.45, 7) is 6.09. The normalized spacial score (nSPS) is 18.8. The van der Waals surface area contributed by atoms with Gasteiger partial charge in [-0.3, -0.25) is 4.79 Å². The second-order valence-electron chi connectivity index (χ2n) is 5.01. The number of nitrogens with zero attached hydrogens (tertiary/aromatic N) is 2. The maximum Gasteiger partial charge on any atom is 0.254 e. The summed E-state index contributed by atoms with van der Waals surface area (Å²) in [6, 6.07) is 3.53. The lowest BCUT2D eigenvalue weighted by Gasteiger charge is -2.19. The molecule has 0 spiro atoms. The maximum absolute atomic E-state index is 12.2. The first kappa shape index (κ1) is 11.6. The zero-order chi connectivity index (χ0) is 11.8. The van der Waals surface area contributed by atoms with Crippen LogP contribution >= 0.6 is 15.9 Å². The fraction of sp³-hybridized carbons (Fsp3) is 0.500. The molecule has 0 atom stereocenters. The van der Waals surface area contributed by atoms with Gasteiger partial charge in [-0.2, -0.15) is 0 Å². The van der Waals surface area contributed by atoms with E-state index in [-0.39, 0.29) is 11.3 Å². The number of carbonyl (C=O) groups excluding carboxylic acids is 1. The molecule has 0 radical (unpaired) electrons. The molecule has 16 heavy (non-hydrogen) atoms. The fourth-order valence-electron chi connectivity index (χ4n) is 2.00. The summed E-state index contributed by atoms with van der Waals surface area (Å²) in [5.74, 6) is 0.105. The lowest BCUT2D eigenvalue weighted by molar-refractivity contribution is 0.0778. The zero-order valence-corrected chi connectivity index (χ0v) is 11.1. The first-order valence-electron chi connectivity index (χ1n) is 5.39. The van der Waals surface area contributed by atoms with Crippen LogP contribution in [-0.2, 0) is 0 Å². The van der Waals surface area contributed by atoms with Crippen LogP contribution in [0.4, 0.5) is 0 Å². The summed E-state index contributed by atoms with van der Waals surface area (Å²) in [5.41, 5.74) is 0.958. The molecule has 0 unspecified atom stereocenters. The quantitative estimate of drug-likeness (QED) is 0.742. The molecule has 0 bridgehead atoms. The molecule has 0 saturated carbocycles. The van der Waals surface area contributed by atoms with Crippen LogP contribution in [0.25, 0.3) is 0 Å². The number of carbonyl (C=O) groups is 1. The van der Waals surface area contributed by atoms with Crippen molar-refractivity contribution in [3.63, 3.8) is 0 Å². The van der Waals surface area contributed by atoms with Gasteiger partial charge in [0.25, 0.3) is 5.91 Å². The lowest BCUT2D eigenvalue weighted by Crippen LogP contribution is -2.30. The van der Waals surface area contributed by atoms with E-state index in [1.807, 2.05) is 4.90 Å². The fourth-order valence-corrected chi connectivity index (χ4v) is 2.37. The Hall–Kier alpha value is -0.900. The van der Waals surface area contributed by atoms with Crippen molar-refractivity contribution >= 4 is 21.8 Å². The Labute approximate surface area is 104 Å². The van der Waals surface area contributed by atoms with Crippen LogP contribution < -0.4 is 0 Å². The molecule has 0 aliphatic carbocycles. The van der Waals surface area contributed by atoms with Crippen molar-refractivity contribution in [3.05, 3.63) is 28.5 Å². The SMILES string of the molecule is CC1(C)CCN(C(=O)c2ccnc(Br)c2)C1. The molecule has 1 aromatic heterocycles. The molecule has 2 rings (SSSR count). The largest absolute Gasteiger partial charge is 0.338 e. The molecule has 3 nitrogen and oxygen atoms in total. The second kappa shape index (κ2) is 4.17. The molecule has 1 fully saturated rings. The topological polar surface area (TPSA) is 33.2 Å². The van der Waals surface area contributed by atoms with E-state index in [9.17, 15) is 4.79 Å². The highest BCUT2D eigenvalue weighted by Crippen LogP contribution is 2.29. The molecular formula is C12H15BrN2O. The van der Waals surface area contributed by atoms with Crippen molar-refractivity contribution in [3.8, 4) is 0 Å². The van der Waals surface area contributed by atoms with E-state index in [0.717, 1.165) is 19.5 Å². The molecule has 1 amide bonds. The Morgan fingerprint density at radius 1 is 1.56 bits per heavy atom. The average molecular weight is 283 g/mol. The third kappa shape index (κ3) is 2.43. The first-order chi connectivity index (χ1) is 7.48. The Morgan fingerprint density at radius 2 is 2.31 bits per heavy atom. The molecule has 1 aliphatic rings. The van der Waals surface area contributed by atoms with Crippen molar-refractivity contribution in [1.82, 2.24) is 9.88 Å². The summed E-state index contributed by atoms with van der Waals surface area (Å²) in [5, 5.41) is 0. The van der Waals surface area contributed by atoms with Crippen molar-refractivity contribution in [2.75, 3.05) is 13.1 Å². The molecular weight excluding hydrogens is 268 g/mol. The van der Waals surface area contributed by atoms with Gasteiger partial charge in [-0.25, -0.2) is 4.98 Å². The zero-order valence-electron chi connectivity index (χ0n) is 9.53. The molecule has 0 N–H and O–H groups in total. The number of aromatic nitrogens is 1. The summed E-state index contributed by atoms with van der Waals surface area (Å²) >= 11 is 3.28. The number of pyridine rings is 1. The van der Waals surface area contributed by atoms with Gasteiger partial charge in [0.1, 0.15) is 4.60 Å². The van der Waals surface area contributed by atoms with Crippen LogP contribution in [0.15, 0.2) is 22.9 Å². The molecule has 2 heterocycles. The predicted molar refractivity (Wildman–Crippen MR) is 66.2 cm³/mol. The smallest absolute Gasteiger partial charge is 0.254 e. The van der Waals surface area contributed by atoms with Gasteiger partial charge in [0, 0.05) is 24.8 Å². The van der Waals surface area contributed by atoms with E-state index < -0.39 is 0 Å². The van der Waals surface area contributed by atoms with Crippen LogP contribution in [0, 0.1) is 5.41 Å². The number of hydrogen-bond acceptors (Lipinski definition) is 2. The van der Waals surface area contributed by atoms with Crippen LogP contribution in [0.3, 0.4) is 0 Å². The molecule has 1 aromatic rings. The van der Waals surface area contributed by atoms with Gasteiger partial charge in [-0.1, -0.05) is 13.8 Å². The highest BCUT2D eigenvalue weighted by molar-refractivity contribution is 9.10. The van der Waals surface area contributed by atoms with E-state index in [1.54, 1.807) is 18.3 Å². The van der Waals surface area contributed by atoms with Crippen molar-refractivity contribution in [1.29, 1.82) is 0 Å². The van der Waals surface area contributed by atoms with Gasteiger partial charge in [0.05, 0.1) is 0 Å². The van der Waals surface area contributed by atoms with Gasteiger partial charge in [0.2, 0.25) is 0 Å². The average Bonchev–Trinajstić information content (AvgIpc) is 2.58. The van der Waals surface area contributed by atoms with E-state index in [1.165, 1.54) is 0 Å². The Balaban J connectivity index is 2.15. The summed E-state index contributed by atoms with van der Waals surface area (Å²) in [4.78, 5) is 18.1. The van der Waals surface area contributed by atoms with Crippen LogP contribution in [0.2, 0.25) is 0 Å². The lowest BCUT2D eigenvalue weighted by atomic mass is 9.93. The third-order valence-electron chi connectivity index (χ3n) is 2.94. The summed E-state index contributed by atoms with van der Waals surface area (Å²) < 4.78 is 0.705. The third-order valence-corrected chi connectivity index (χ3v) is 3.37. The van der Waals surface area contributed by atoms with Crippen LogP contribution in [0.1, 0.15) is 30.6 Å². The summed E-state index contributed by atoms with van der Waals surface area (Å²) in [7, 11) is 0. The van der Waals surface area contributed by atoms with E-state index in [0.29, 0.717) is 10.2 Å². The van der Waals surface area contributed by atoms with E-state index in [4.69, 9.17) is 0 Å². The molecule has 4 heteroatoms. The van der Waals surface area contributed by atoms with Crippen molar-refractivity contribution in [2.24, 2.45) is 5.41 Å². The standard InChI is InChI=1S/C12H15BrN2O/c1-12(2)4-6-15(8-12)11(16)9-3-5-14-10(13)7-9/h3,5,7H,4,6,8H2,1-2H3. The van der Waals surface area contributed by atoms with Gasteiger partial charge in [0.15, 0.2) is 0 Å².